The van der Waals surface area contributed by atoms with E-state index in [0.29, 0.717) is 0 Å². The van der Waals surface area contributed by atoms with Crippen LogP contribution in [0.25, 0.3) is 0 Å². The van der Waals surface area contributed by atoms with Gasteiger partial charge in [-0.15, -0.1) is 0 Å². The second kappa shape index (κ2) is 6.16. The minimum Gasteiger partial charge on any atom is -0.460 e. The second-order valence-corrected chi connectivity index (χ2v) is 3.16. The van der Waals surface area contributed by atoms with Crippen LogP contribution in [0.4, 0.5) is 0 Å². The van der Waals surface area contributed by atoms with Crippen molar-refractivity contribution in [3.05, 3.63) is 35.9 Å². The lowest BCUT2D eigenvalue weighted by Gasteiger charge is -2.10. The monoisotopic (exact) mass is 209 g/mol. The zero-order chi connectivity index (χ0) is 11.1. The minimum absolute atomic E-state index is 0.174. The maximum Gasteiger partial charge on any atom is 0.325 e. The summed E-state index contributed by atoms with van der Waals surface area (Å²) in [5.41, 5.74) is 6.43. The lowest BCUT2D eigenvalue weighted by molar-refractivity contribution is -0.147. The lowest BCUT2D eigenvalue weighted by atomic mass is 10.2. The molecule has 1 atom stereocenters. The van der Waals surface area contributed by atoms with Crippen LogP contribution in [0.3, 0.4) is 0 Å². The topological polar surface area (TPSA) is 61.5 Å². The van der Waals surface area contributed by atoms with Gasteiger partial charge in [0.05, 0.1) is 6.61 Å². The molecule has 1 aromatic carbocycles. The van der Waals surface area contributed by atoms with Crippen molar-refractivity contribution >= 4 is 5.97 Å². The third-order valence-corrected chi connectivity index (χ3v) is 1.87. The first-order chi connectivity index (χ1) is 7.24. The number of hydrogen-bond donors (Lipinski definition) is 1. The first-order valence-corrected chi connectivity index (χ1v) is 4.69. The highest BCUT2D eigenvalue weighted by Gasteiger charge is 2.14. The van der Waals surface area contributed by atoms with Gasteiger partial charge in [0, 0.05) is 7.11 Å². The van der Waals surface area contributed by atoms with Crippen molar-refractivity contribution in [3.8, 4) is 0 Å². The minimum atomic E-state index is -0.710. The van der Waals surface area contributed by atoms with E-state index < -0.39 is 12.0 Å². The SMILES string of the molecule is COCC(N)C(=O)OCc1ccccc1. The van der Waals surface area contributed by atoms with Gasteiger partial charge in [-0.2, -0.15) is 0 Å². The van der Waals surface area contributed by atoms with Crippen molar-refractivity contribution in [1.82, 2.24) is 0 Å². The highest BCUT2D eigenvalue weighted by atomic mass is 16.5. The average Bonchev–Trinajstić information content (AvgIpc) is 2.27. The first-order valence-electron chi connectivity index (χ1n) is 4.69. The smallest absolute Gasteiger partial charge is 0.325 e. The van der Waals surface area contributed by atoms with Gasteiger partial charge in [-0.1, -0.05) is 30.3 Å². The predicted octanol–water partition coefficient (Wildman–Crippen LogP) is 0.703. The summed E-state index contributed by atoms with van der Waals surface area (Å²) >= 11 is 0. The zero-order valence-corrected chi connectivity index (χ0v) is 8.68. The molecule has 0 saturated heterocycles. The molecule has 0 spiro atoms. The predicted molar refractivity (Wildman–Crippen MR) is 56.1 cm³/mol. The van der Waals surface area contributed by atoms with Crippen LogP contribution in [0.5, 0.6) is 0 Å². The molecule has 0 fully saturated rings. The molecule has 0 saturated carbocycles. The van der Waals surface area contributed by atoms with E-state index in [1.807, 2.05) is 30.3 Å². The Bertz CT molecular complexity index is 300. The lowest BCUT2D eigenvalue weighted by Crippen LogP contribution is -2.36. The molecule has 15 heavy (non-hydrogen) atoms. The molecular formula is C11H15NO3. The van der Waals surface area contributed by atoms with Crippen LogP contribution in [0.2, 0.25) is 0 Å². The highest BCUT2D eigenvalue weighted by molar-refractivity contribution is 5.75. The van der Waals surface area contributed by atoms with E-state index in [1.54, 1.807) is 0 Å². The van der Waals surface area contributed by atoms with Crippen LogP contribution in [0, 0.1) is 0 Å². The van der Waals surface area contributed by atoms with E-state index in [-0.39, 0.29) is 13.2 Å². The van der Waals surface area contributed by atoms with E-state index in [0.717, 1.165) is 5.56 Å². The van der Waals surface area contributed by atoms with E-state index in [2.05, 4.69) is 0 Å². The quantitative estimate of drug-likeness (QED) is 0.725. The van der Waals surface area contributed by atoms with Crippen LogP contribution >= 0.6 is 0 Å². The Kier molecular flexibility index (Phi) is 4.80. The van der Waals surface area contributed by atoms with Crippen molar-refractivity contribution < 1.29 is 14.3 Å². The van der Waals surface area contributed by atoms with Crippen LogP contribution in [-0.2, 0) is 20.9 Å². The fraction of sp³-hybridized carbons (Fsp3) is 0.364. The van der Waals surface area contributed by atoms with Crippen LogP contribution < -0.4 is 5.73 Å². The van der Waals surface area contributed by atoms with E-state index in [9.17, 15) is 4.79 Å². The number of benzene rings is 1. The fourth-order valence-corrected chi connectivity index (χ4v) is 1.08. The number of carbonyl (C=O) groups excluding carboxylic acids is 1. The molecule has 4 nitrogen and oxygen atoms in total. The Morgan fingerprint density at radius 1 is 1.40 bits per heavy atom. The summed E-state index contributed by atoms with van der Waals surface area (Å²) in [6.45, 7) is 0.421. The molecule has 0 aliphatic carbocycles. The maximum atomic E-state index is 11.3. The number of carbonyl (C=O) groups is 1. The Morgan fingerprint density at radius 3 is 2.67 bits per heavy atom. The molecule has 0 aromatic heterocycles. The standard InChI is InChI=1S/C11H15NO3/c1-14-8-10(12)11(13)15-7-9-5-3-2-4-6-9/h2-6,10H,7-8,12H2,1H3. The summed E-state index contributed by atoms with van der Waals surface area (Å²) in [5, 5.41) is 0. The third kappa shape index (κ3) is 4.10. The zero-order valence-electron chi connectivity index (χ0n) is 8.68. The Morgan fingerprint density at radius 2 is 2.07 bits per heavy atom. The van der Waals surface area contributed by atoms with E-state index >= 15 is 0 Å². The average molecular weight is 209 g/mol. The Hall–Kier alpha value is -1.39. The number of methoxy groups -OCH3 is 1. The van der Waals surface area contributed by atoms with Crippen molar-refractivity contribution in [2.45, 2.75) is 12.6 Å². The number of nitrogens with two attached hydrogens (primary N) is 1. The van der Waals surface area contributed by atoms with Gasteiger partial charge in [0.1, 0.15) is 12.6 Å². The number of rotatable bonds is 5. The van der Waals surface area contributed by atoms with Gasteiger partial charge in [-0.25, -0.2) is 0 Å². The second-order valence-electron chi connectivity index (χ2n) is 3.16. The van der Waals surface area contributed by atoms with Gasteiger partial charge in [0.25, 0.3) is 0 Å². The first kappa shape index (κ1) is 11.7. The van der Waals surface area contributed by atoms with Crippen LogP contribution in [-0.4, -0.2) is 25.7 Å². The number of esters is 1. The molecule has 0 aliphatic rings. The van der Waals surface area contributed by atoms with Gasteiger partial charge < -0.3 is 15.2 Å². The molecule has 0 bridgehead atoms. The summed E-state index contributed by atoms with van der Waals surface area (Å²) in [5.74, 6) is -0.444. The maximum absolute atomic E-state index is 11.3. The normalized spacial score (nSPS) is 12.1. The molecule has 0 aliphatic heterocycles. The van der Waals surface area contributed by atoms with Crippen LogP contribution in [0.15, 0.2) is 30.3 Å². The summed E-state index contributed by atoms with van der Waals surface area (Å²) in [4.78, 5) is 11.3. The summed E-state index contributed by atoms with van der Waals surface area (Å²) in [6, 6.07) is 8.74. The van der Waals surface area contributed by atoms with E-state index in [1.165, 1.54) is 7.11 Å². The third-order valence-electron chi connectivity index (χ3n) is 1.87. The number of ether oxygens (including phenoxy) is 2. The van der Waals surface area contributed by atoms with Crippen LogP contribution in [0.1, 0.15) is 5.56 Å². The van der Waals surface area contributed by atoms with E-state index in [4.69, 9.17) is 15.2 Å². The van der Waals surface area contributed by atoms with Gasteiger partial charge in [-0.3, -0.25) is 4.79 Å². The Balaban J connectivity index is 2.34. The fourth-order valence-electron chi connectivity index (χ4n) is 1.08. The molecule has 2 N–H and O–H groups in total. The summed E-state index contributed by atoms with van der Waals surface area (Å²) < 4.78 is 9.75. The highest BCUT2D eigenvalue weighted by Crippen LogP contribution is 2.01. The molecular weight excluding hydrogens is 194 g/mol. The molecule has 1 rings (SSSR count). The molecule has 0 radical (unpaired) electrons. The van der Waals surface area contributed by atoms with Crippen molar-refractivity contribution in [2.24, 2.45) is 5.73 Å². The molecule has 4 heteroatoms. The summed E-state index contributed by atoms with van der Waals surface area (Å²) in [7, 11) is 1.49. The molecule has 82 valence electrons. The van der Waals surface area contributed by atoms with Gasteiger partial charge in [-0.05, 0) is 5.56 Å². The molecule has 0 amide bonds. The largest absolute Gasteiger partial charge is 0.460 e. The van der Waals surface area contributed by atoms with Gasteiger partial charge in [0.2, 0.25) is 0 Å². The van der Waals surface area contributed by atoms with Crippen molar-refractivity contribution in [3.63, 3.8) is 0 Å². The summed E-state index contributed by atoms with van der Waals surface area (Å²) in [6.07, 6.45) is 0. The molecule has 0 heterocycles. The molecule has 1 unspecified atom stereocenters. The molecule has 1 aromatic rings. The Labute approximate surface area is 89.0 Å². The van der Waals surface area contributed by atoms with Gasteiger partial charge >= 0.3 is 5.97 Å². The van der Waals surface area contributed by atoms with Crippen molar-refractivity contribution in [1.29, 1.82) is 0 Å². The van der Waals surface area contributed by atoms with Gasteiger partial charge in [0.15, 0.2) is 0 Å². The van der Waals surface area contributed by atoms with Crippen molar-refractivity contribution in [2.75, 3.05) is 13.7 Å². The number of hydrogen-bond acceptors (Lipinski definition) is 4.